The molecule has 0 bridgehead atoms. The van der Waals surface area contributed by atoms with Crippen LogP contribution in [0, 0.1) is 19.8 Å². The molecule has 1 aliphatic heterocycles. The van der Waals surface area contributed by atoms with E-state index in [4.69, 9.17) is 25.8 Å². The first-order chi connectivity index (χ1) is 12.9. The van der Waals surface area contributed by atoms with Gasteiger partial charge in [0.15, 0.2) is 0 Å². The molecule has 0 aliphatic carbocycles. The number of halogens is 1. The van der Waals surface area contributed by atoms with Gasteiger partial charge in [0.2, 0.25) is 6.29 Å². The fourth-order valence-corrected chi connectivity index (χ4v) is 3.08. The lowest BCUT2D eigenvalue weighted by atomic mass is 10.1. The number of alkyl halides is 1. The average molecular weight is 389 g/mol. The number of hydrogen-bond donors (Lipinski definition) is 0. The monoisotopic (exact) mass is 388 g/mol. The minimum absolute atomic E-state index is 0.0573. The van der Waals surface area contributed by atoms with Crippen LogP contribution in [0.25, 0.3) is 0 Å². The highest BCUT2D eigenvalue weighted by Crippen LogP contribution is 2.30. The third kappa shape index (κ3) is 5.08. The highest BCUT2D eigenvalue weighted by atomic mass is 35.5. The van der Waals surface area contributed by atoms with E-state index in [0.717, 1.165) is 11.1 Å². The molecule has 0 amide bonds. The number of hydrogen-bond acceptors (Lipinski definition) is 5. The molecular formula is C21H21ClO5. The Morgan fingerprint density at radius 2 is 1.48 bits per heavy atom. The van der Waals surface area contributed by atoms with Gasteiger partial charge in [0.05, 0.1) is 17.0 Å². The van der Waals surface area contributed by atoms with Crippen LogP contribution in [-0.4, -0.2) is 30.4 Å². The second-order valence-corrected chi connectivity index (χ2v) is 7.13. The molecule has 2 aromatic rings. The van der Waals surface area contributed by atoms with Gasteiger partial charge in [-0.2, -0.15) is 0 Å². The van der Waals surface area contributed by atoms with Gasteiger partial charge in [-0.15, -0.1) is 0 Å². The first-order valence-electron chi connectivity index (χ1n) is 8.73. The quantitative estimate of drug-likeness (QED) is 0.566. The van der Waals surface area contributed by atoms with Crippen molar-refractivity contribution in [1.82, 2.24) is 0 Å². The van der Waals surface area contributed by atoms with Crippen LogP contribution in [0.4, 0.5) is 0 Å². The molecule has 1 fully saturated rings. The number of benzene rings is 2. The number of aryl methyl sites for hydroxylation is 2. The summed E-state index contributed by atoms with van der Waals surface area (Å²) in [5, 5.41) is 0. The van der Waals surface area contributed by atoms with Crippen molar-refractivity contribution < 1.29 is 23.8 Å². The Kier molecular flexibility index (Phi) is 6.14. The molecule has 0 radical (unpaired) electrons. The maximum atomic E-state index is 12.3. The molecule has 3 rings (SSSR count). The highest BCUT2D eigenvalue weighted by Gasteiger charge is 2.38. The minimum Gasteiger partial charge on any atom is -0.462 e. The van der Waals surface area contributed by atoms with Crippen LogP contribution in [0.3, 0.4) is 0 Å². The van der Waals surface area contributed by atoms with Gasteiger partial charge in [0, 0.05) is 0 Å². The summed E-state index contributed by atoms with van der Waals surface area (Å²) >= 11 is 6.05. The Morgan fingerprint density at radius 3 is 2.04 bits per heavy atom. The number of carbonyl (C=O) groups is 2. The summed E-state index contributed by atoms with van der Waals surface area (Å²) < 4.78 is 16.3. The Morgan fingerprint density at radius 1 is 0.963 bits per heavy atom. The molecule has 1 saturated heterocycles. The second kappa shape index (κ2) is 8.55. The van der Waals surface area contributed by atoms with E-state index in [-0.39, 0.29) is 12.5 Å². The molecule has 1 aliphatic rings. The predicted octanol–water partition coefficient (Wildman–Crippen LogP) is 4.24. The summed E-state index contributed by atoms with van der Waals surface area (Å²) in [6.45, 7) is 3.94. The number of esters is 2. The molecule has 5 nitrogen and oxygen atoms in total. The molecule has 142 valence electrons. The van der Waals surface area contributed by atoms with E-state index >= 15 is 0 Å². The molecule has 0 saturated carbocycles. The van der Waals surface area contributed by atoms with Crippen molar-refractivity contribution in [3.8, 4) is 0 Å². The van der Waals surface area contributed by atoms with E-state index in [9.17, 15) is 9.59 Å². The molecule has 2 aromatic carbocycles. The molecule has 0 unspecified atom stereocenters. The fraction of sp³-hybridized carbons (Fsp3) is 0.333. The van der Waals surface area contributed by atoms with Crippen LogP contribution >= 0.6 is 11.6 Å². The normalized spacial score (nSPS) is 21.7. The van der Waals surface area contributed by atoms with Crippen LogP contribution in [-0.2, 0) is 14.2 Å². The van der Waals surface area contributed by atoms with Crippen molar-refractivity contribution in [1.29, 1.82) is 0 Å². The number of rotatable bonds is 5. The first-order valence-corrected chi connectivity index (χ1v) is 9.17. The molecule has 27 heavy (non-hydrogen) atoms. The molecule has 6 heteroatoms. The van der Waals surface area contributed by atoms with E-state index in [1.165, 1.54) is 0 Å². The lowest BCUT2D eigenvalue weighted by Gasteiger charge is -2.18. The first kappa shape index (κ1) is 19.4. The van der Waals surface area contributed by atoms with Gasteiger partial charge in [0.25, 0.3) is 0 Å². The van der Waals surface area contributed by atoms with Gasteiger partial charge in [-0.3, -0.25) is 0 Å². The molecule has 1 heterocycles. The van der Waals surface area contributed by atoms with E-state index in [1.54, 1.807) is 24.3 Å². The molecule has 3 atom stereocenters. The third-order valence-electron chi connectivity index (χ3n) is 4.38. The van der Waals surface area contributed by atoms with Crippen LogP contribution < -0.4 is 0 Å². The fourth-order valence-electron chi connectivity index (χ4n) is 2.75. The van der Waals surface area contributed by atoms with Gasteiger partial charge >= 0.3 is 11.9 Å². The SMILES string of the molecule is Cc1ccc(C(=O)OC[C@H]2C[C@H](Cl)O[C@@H]2OC(=O)c2ccc(C)cc2)cc1. The van der Waals surface area contributed by atoms with Crippen molar-refractivity contribution in [2.45, 2.75) is 32.1 Å². The topological polar surface area (TPSA) is 61.8 Å². The van der Waals surface area contributed by atoms with E-state index < -0.39 is 23.8 Å². The van der Waals surface area contributed by atoms with E-state index in [1.807, 2.05) is 38.1 Å². The summed E-state index contributed by atoms with van der Waals surface area (Å²) in [5.74, 6) is -1.26. The van der Waals surface area contributed by atoms with Gasteiger partial charge in [-0.05, 0) is 44.5 Å². The van der Waals surface area contributed by atoms with Gasteiger partial charge < -0.3 is 14.2 Å². The lowest BCUT2D eigenvalue weighted by Crippen LogP contribution is -2.28. The second-order valence-electron chi connectivity index (χ2n) is 6.65. The minimum atomic E-state index is -0.855. The number of carbonyl (C=O) groups excluding carboxylic acids is 2. The maximum absolute atomic E-state index is 12.3. The third-order valence-corrected chi connectivity index (χ3v) is 4.66. The highest BCUT2D eigenvalue weighted by molar-refractivity contribution is 6.19. The molecular weight excluding hydrogens is 368 g/mol. The predicted molar refractivity (Wildman–Crippen MR) is 101 cm³/mol. The standard InChI is InChI=1S/C21H21ClO5/c1-13-3-7-15(8-4-13)19(23)25-12-17-11-18(22)26-21(17)27-20(24)16-9-5-14(2)6-10-16/h3-10,17-18,21H,11-12H2,1-2H3/t17-,18-,21-/m1/s1. The molecule has 0 aromatic heterocycles. The Labute approximate surface area is 163 Å². The van der Waals surface area contributed by atoms with E-state index in [0.29, 0.717) is 17.5 Å². The Balaban J connectivity index is 1.58. The zero-order valence-corrected chi connectivity index (χ0v) is 15.9. The summed E-state index contributed by atoms with van der Waals surface area (Å²) in [7, 11) is 0. The number of ether oxygens (including phenoxy) is 3. The average Bonchev–Trinajstić information content (AvgIpc) is 3.00. The van der Waals surface area contributed by atoms with Gasteiger partial charge in [-0.25, -0.2) is 9.59 Å². The van der Waals surface area contributed by atoms with Crippen LogP contribution in [0.5, 0.6) is 0 Å². The molecule has 0 N–H and O–H groups in total. The van der Waals surface area contributed by atoms with Crippen molar-refractivity contribution >= 4 is 23.5 Å². The molecule has 0 spiro atoms. The smallest absolute Gasteiger partial charge is 0.340 e. The maximum Gasteiger partial charge on any atom is 0.340 e. The van der Waals surface area contributed by atoms with Crippen molar-refractivity contribution in [3.05, 3.63) is 70.8 Å². The van der Waals surface area contributed by atoms with Crippen LogP contribution in [0.1, 0.15) is 38.3 Å². The van der Waals surface area contributed by atoms with Crippen LogP contribution in [0.15, 0.2) is 48.5 Å². The Bertz CT molecular complexity index is 800. The summed E-state index contributed by atoms with van der Waals surface area (Å²) in [6, 6.07) is 14.2. The lowest BCUT2D eigenvalue weighted by molar-refractivity contribution is -0.110. The van der Waals surface area contributed by atoms with Gasteiger partial charge in [-0.1, -0.05) is 47.0 Å². The van der Waals surface area contributed by atoms with Crippen molar-refractivity contribution in [2.24, 2.45) is 5.92 Å². The summed E-state index contributed by atoms with van der Waals surface area (Å²) in [5.41, 5.74) is 2.41. The summed E-state index contributed by atoms with van der Waals surface area (Å²) in [4.78, 5) is 24.5. The zero-order valence-electron chi connectivity index (χ0n) is 15.2. The van der Waals surface area contributed by atoms with Crippen molar-refractivity contribution in [3.63, 3.8) is 0 Å². The summed E-state index contributed by atoms with van der Waals surface area (Å²) in [6.07, 6.45) is -0.429. The van der Waals surface area contributed by atoms with Crippen LogP contribution in [0.2, 0.25) is 0 Å². The largest absolute Gasteiger partial charge is 0.462 e. The zero-order chi connectivity index (χ0) is 19.4. The van der Waals surface area contributed by atoms with Crippen molar-refractivity contribution in [2.75, 3.05) is 6.61 Å². The Hall–Kier alpha value is -2.37. The van der Waals surface area contributed by atoms with E-state index in [2.05, 4.69) is 0 Å². The van der Waals surface area contributed by atoms with Gasteiger partial charge in [0.1, 0.15) is 12.2 Å².